The summed E-state index contributed by atoms with van der Waals surface area (Å²) in [6.07, 6.45) is 1.42. The van der Waals surface area contributed by atoms with Gasteiger partial charge in [0.05, 0.1) is 7.11 Å². The maximum atomic E-state index is 13.1. The van der Waals surface area contributed by atoms with Gasteiger partial charge >= 0.3 is 5.97 Å². The van der Waals surface area contributed by atoms with E-state index in [9.17, 15) is 19.2 Å². The second kappa shape index (κ2) is 9.48. The molecule has 0 radical (unpaired) electrons. The molecule has 174 valence electrons. The van der Waals surface area contributed by atoms with E-state index in [0.29, 0.717) is 37.4 Å². The smallest absolute Gasteiger partial charge is 0.303 e. The van der Waals surface area contributed by atoms with Crippen LogP contribution in [0.25, 0.3) is 0 Å². The molecule has 1 saturated heterocycles. The number of benzene rings is 1. The molecule has 2 aromatic rings. The number of methoxy groups -OCH3 is 1. The number of amides is 2. The van der Waals surface area contributed by atoms with Gasteiger partial charge in [0.2, 0.25) is 5.91 Å². The number of nitrogens with one attached hydrogen (secondary N) is 1. The molecule has 1 aromatic heterocycles. The Hall–Kier alpha value is -3.62. The normalized spacial score (nSPS) is 18.9. The Bertz CT molecular complexity index is 1120. The van der Waals surface area contributed by atoms with Gasteiger partial charge in [0, 0.05) is 49.7 Å². The van der Waals surface area contributed by atoms with Gasteiger partial charge < -0.3 is 24.6 Å². The molecule has 4 rings (SSSR count). The number of carbonyl (C=O) groups is 3. The van der Waals surface area contributed by atoms with Crippen molar-refractivity contribution < 1.29 is 24.2 Å². The van der Waals surface area contributed by atoms with Gasteiger partial charge in [-0.15, -0.1) is 0 Å². The number of piperidine rings is 1. The molecule has 1 fully saturated rings. The number of carbonyl (C=O) groups excluding carboxylic acids is 2. The quantitative estimate of drug-likeness (QED) is 0.664. The van der Waals surface area contributed by atoms with Gasteiger partial charge in [0.1, 0.15) is 11.4 Å². The average molecular weight is 453 g/mol. The molecule has 3 heterocycles. The monoisotopic (exact) mass is 453 g/mol. The number of fused-ring (bicyclic) bond motifs is 4. The number of nitrogens with zero attached hydrogens (tertiary/aromatic N) is 2. The van der Waals surface area contributed by atoms with Crippen LogP contribution in [0, 0.1) is 5.92 Å². The van der Waals surface area contributed by atoms with Crippen LogP contribution in [0.4, 0.5) is 5.69 Å². The van der Waals surface area contributed by atoms with Crippen molar-refractivity contribution >= 4 is 23.5 Å². The Kier molecular flexibility index (Phi) is 6.48. The van der Waals surface area contributed by atoms with Gasteiger partial charge in [-0.25, -0.2) is 0 Å². The molecule has 1 aromatic carbocycles. The molecule has 2 amide bonds. The van der Waals surface area contributed by atoms with Crippen LogP contribution in [0.5, 0.6) is 5.75 Å². The fourth-order valence-corrected chi connectivity index (χ4v) is 4.73. The summed E-state index contributed by atoms with van der Waals surface area (Å²) in [6, 6.07) is 10.1. The standard InChI is InChI=1S/C24H27N3O6/c1-33-18-7-5-16(6-8-18)23(31)25-19-9-10-20-17-11-15(13-27(20)24(19)32)12-26(14-17)21(28)3-2-4-22(29)30/h5-10,15,17H,2-4,11-14H2,1H3,(H,25,31)(H,29,30)/t15-,17+/m0/s1. The predicted molar refractivity (Wildman–Crippen MR) is 121 cm³/mol. The number of pyridine rings is 1. The largest absolute Gasteiger partial charge is 0.497 e. The van der Waals surface area contributed by atoms with Gasteiger partial charge in [-0.2, -0.15) is 0 Å². The summed E-state index contributed by atoms with van der Waals surface area (Å²) in [7, 11) is 1.55. The molecule has 2 atom stereocenters. The van der Waals surface area contributed by atoms with E-state index in [4.69, 9.17) is 9.84 Å². The summed E-state index contributed by atoms with van der Waals surface area (Å²) in [6.45, 7) is 1.55. The highest BCUT2D eigenvalue weighted by molar-refractivity contribution is 6.04. The van der Waals surface area contributed by atoms with E-state index in [1.54, 1.807) is 46.9 Å². The fourth-order valence-electron chi connectivity index (χ4n) is 4.73. The topological polar surface area (TPSA) is 118 Å². The van der Waals surface area contributed by atoms with Crippen LogP contribution < -0.4 is 15.6 Å². The highest BCUT2D eigenvalue weighted by Gasteiger charge is 2.36. The lowest BCUT2D eigenvalue weighted by molar-refractivity contribution is -0.137. The van der Waals surface area contributed by atoms with Gasteiger partial charge in [0.25, 0.3) is 11.5 Å². The van der Waals surface area contributed by atoms with Crippen molar-refractivity contribution in [2.45, 2.75) is 38.1 Å². The first-order chi connectivity index (χ1) is 15.9. The van der Waals surface area contributed by atoms with E-state index in [0.717, 1.165) is 12.1 Å². The maximum absolute atomic E-state index is 13.1. The zero-order chi connectivity index (χ0) is 23.5. The lowest BCUT2D eigenvalue weighted by Gasteiger charge is -2.43. The number of anilines is 1. The highest BCUT2D eigenvalue weighted by atomic mass is 16.5. The van der Waals surface area contributed by atoms with E-state index in [1.807, 2.05) is 6.07 Å². The summed E-state index contributed by atoms with van der Waals surface area (Å²) in [4.78, 5) is 50.8. The number of hydrogen-bond donors (Lipinski definition) is 2. The molecule has 0 aliphatic carbocycles. The van der Waals surface area contributed by atoms with Crippen molar-refractivity contribution in [2.75, 3.05) is 25.5 Å². The Morgan fingerprint density at radius 1 is 1.06 bits per heavy atom. The minimum atomic E-state index is -0.901. The zero-order valence-electron chi connectivity index (χ0n) is 18.5. The van der Waals surface area contributed by atoms with Gasteiger partial charge in [-0.1, -0.05) is 0 Å². The third kappa shape index (κ3) is 4.92. The van der Waals surface area contributed by atoms with Gasteiger partial charge in [-0.3, -0.25) is 19.2 Å². The number of carboxylic acid groups (broad SMARTS) is 1. The Morgan fingerprint density at radius 3 is 2.52 bits per heavy atom. The number of aliphatic carboxylic acids is 1. The van der Waals surface area contributed by atoms with Gasteiger partial charge in [0.15, 0.2) is 0 Å². The Balaban J connectivity index is 1.47. The number of likely N-dealkylation sites (tertiary alicyclic amines) is 1. The minimum absolute atomic E-state index is 0.0182. The van der Waals surface area contributed by atoms with Crippen molar-refractivity contribution in [2.24, 2.45) is 5.92 Å². The summed E-state index contributed by atoms with van der Waals surface area (Å²) in [5, 5.41) is 11.5. The van der Waals surface area contributed by atoms with E-state index in [-0.39, 0.29) is 47.7 Å². The summed E-state index contributed by atoms with van der Waals surface area (Å²) in [5.41, 5.74) is 1.26. The first-order valence-corrected chi connectivity index (χ1v) is 11.0. The molecule has 2 aliphatic rings. The van der Waals surface area contributed by atoms with Crippen LogP contribution in [-0.4, -0.2) is 52.6 Å². The predicted octanol–water partition coefficient (Wildman–Crippen LogP) is 2.31. The van der Waals surface area contributed by atoms with Crippen molar-refractivity contribution in [3.8, 4) is 5.75 Å². The third-order valence-electron chi connectivity index (χ3n) is 6.34. The second-order valence-corrected chi connectivity index (χ2v) is 8.61. The van der Waals surface area contributed by atoms with Crippen molar-refractivity contribution in [1.29, 1.82) is 0 Å². The fraction of sp³-hybridized carbons (Fsp3) is 0.417. The van der Waals surface area contributed by atoms with E-state index in [2.05, 4.69) is 5.32 Å². The van der Waals surface area contributed by atoms with E-state index >= 15 is 0 Å². The molecule has 0 unspecified atom stereocenters. The number of ether oxygens (including phenoxy) is 1. The summed E-state index contributed by atoms with van der Waals surface area (Å²) >= 11 is 0. The zero-order valence-corrected chi connectivity index (χ0v) is 18.5. The van der Waals surface area contributed by atoms with Gasteiger partial charge in [-0.05, 0) is 55.2 Å². The molecular formula is C24H27N3O6. The van der Waals surface area contributed by atoms with Crippen molar-refractivity contribution in [1.82, 2.24) is 9.47 Å². The molecule has 2 aliphatic heterocycles. The Labute approximate surface area is 191 Å². The number of aromatic nitrogens is 1. The molecule has 9 heteroatoms. The molecule has 9 nitrogen and oxygen atoms in total. The second-order valence-electron chi connectivity index (χ2n) is 8.61. The molecular weight excluding hydrogens is 426 g/mol. The van der Waals surface area contributed by atoms with Crippen LogP contribution in [0.2, 0.25) is 0 Å². The first kappa shape index (κ1) is 22.6. The summed E-state index contributed by atoms with van der Waals surface area (Å²) < 4.78 is 6.82. The highest BCUT2D eigenvalue weighted by Crippen LogP contribution is 2.35. The SMILES string of the molecule is COc1ccc(C(=O)Nc2ccc3n(c2=O)C[C@H]2C[C@@H]3CN(C(=O)CCCC(=O)O)C2)cc1. The average Bonchev–Trinajstić information content (AvgIpc) is 2.80. The van der Waals surface area contributed by atoms with Crippen LogP contribution in [0.3, 0.4) is 0 Å². The maximum Gasteiger partial charge on any atom is 0.303 e. The van der Waals surface area contributed by atoms with Crippen molar-refractivity contribution in [3.05, 3.63) is 58.0 Å². The van der Waals surface area contributed by atoms with Crippen LogP contribution >= 0.6 is 0 Å². The van der Waals surface area contributed by atoms with Crippen molar-refractivity contribution in [3.63, 3.8) is 0 Å². The molecule has 0 spiro atoms. The third-order valence-corrected chi connectivity index (χ3v) is 6.34. The minimum Gasteiger partial charge on any atom is -0.497 e. The molecule has 2 N–H and O–H groups in total. The summed E-state index contributed by atoms with van der Waals surface area (Å²) in [5.74, 6) is -0.484. The van der Waals surface area contributed by atoms with Crippen LogP contribution in [-0.2, 0) is 16.1 Å². The molecule has 33 heavy (non-hydrogen) atoms. The van der Waals surface area contributed by atoms with E-state index < -0.39 is 5.97 Å². The first-order valence-electron chi connectivity index (χ1n) is 11.0. The van der Waals surface area contributed by atoms with Crippen LogP contribution in [0.15, 0.2) is 41.2 Å². The molecule has 2 bridgehead atoms. The number of carboxylic acids is 1. The number of hydrogen-bond acceptors (Lipinski definition) is 5. The molecule has 0 saturated carbocycles. The van der Waals surface area contributed by atoms with E-state index in [1.165, 1.54) is 0 Å². The lowest BCUT2D eigenvalue weighted by atomic mass is 9.83. The Morgan fingerprint density at radius 2 is 1.82 bits per heavy atom. The lowest BCUT2D eigenvalue weighted by Crippen LogP contribution is -2.49. The van der Waals surface area contributed by atoms with Crippen LogP contribution in [0.1, 0.15) is 47.7 Å². The number of rotatable bonds is 7.